The first-order valence-electron chi connectivity index (χ1n) is 10.6. The lowest BCUT2D eigenvalue weighted by Crippen LogP contribution is -2.32. The summed E-state index contributed by atoms with van der Waals surface area (Å²) < 4.78 is 11.4. The van der Waals surface area contributed by atoms with Crippen LogP contribution in [0, 0.1) is 0 Å². The van der Waals surface area contributed by atoms with Crippen molar-refractivity contribution in [3.05, 3.63) is 59.7 Å². The Bertz CT molecular complexity index is 811. The molecule has 1 aliphatic rings. The van der Waals surface area contributed by atoms with Gasteiger partial charge in [-0.2, -0.15) is 0 Å². The van der Waals surface area contributed by atoms with Crippen LogP contribution >= 0.6 is 0 Å². The minimum absolute atomic E-state index is 0.00396. The summed E-state index contributed by atoms with van der Waals surface area (Å²) in [7, 11) is 3.43. The first-order valence-corrected chi connectivity index (χ1v) is 10.6. The molecule has 162 valence electrons. The standard InChI is InChI=1S/C24H33N3O3/c1-4-29-23-14-20(10-11-22(23)30-18-24(28)26(2)3)15-25-21-12-13-27(17-21)16-19-8-6-5-7-9-19/h5-11,14,21,25H,4,12-13,15-18H2,1-3H3/t21-/m0/s1. The third kappa shape index (κ3) is 6.47. The molecule has 1 amide bonds. The molecule has 1 heterocycles. The number of carbonyl (C=O) groups is 1. The number of ether oxygens (including phenoxy) is 2. The van der Waals surface area contributed by atoms with Gasteiger partial charge in [0.2, 0.25) is 0 Å². The van der Waals surface area contributed by atoms with Crippen molar-refractivity contribution in [1.29, 1.82) is 0 Å². The molecule has 1 fully saturated rings. The smallest absolute Gasteiger partial charge is 0.259 e. The maximum Gasteiger partial charge on any atom is 0.259 e. The van der Waals surface area contributed by atoms with Crippen molar-refractivity contribution in [2.24, 2.45) is 0 Å². The Morgan fingerprint density at radius 3 is 2.63 bits per heavy atom. The van der Waals surface area contributed by atoms with Gasteiger partial charge in [-0.1, -0.05) is 36.4 Å². The van der Waals surface area contributed by atoms with Crippen molar-refractivity contribution < 1.29 is 14.3 Å². The summed E-state index contributed by atoms with van der Waals surface area (Å²) in [6, 6.07) is 17.0. The summed E-state index contributed by atoms with van der Waals surface area (Å²) in [4.78, 5) is 15.8. The van der Waals surface area contributed by atoms with E-state index in [1.807, 2.05) is 25.1 Å². The fraction of sp³-hybridized carbons (Fsp3) is 0.458. The molecule has 2 aromatic rings. The van der Waals surface area contributed by atoms with Crippen molar-refractivity contribution in [2.75, 3.05) is 40.4 Å². The van der Waals surface area contributed by atoms with Gasteiger partial charge in [0.05, 0.1) is 6.61 Å². The van der Waals surface area contributed by atoms with Crippen LogP contribution < -0.4 is 14.8 Å². The number of amides is 1. The van der Waals surface area contributed by atoms with Crippen LogP contribution in [0.5, 0.6) is 11.5 Å². The Morgan fingerprint density at radius 2 is 1.90 bits per heavy atom. The van der Waals surface area contributed by atoms with E-state index in [-0.39, 0.29) is 12.5 Å². The summed E-state index contributed by atoms with van der Waals surface area (Å²) in [6.07, 6.45) is 1.15. The molecule has 0 radical (unpaired) electrons. The van der Waals surface area contributed by atoms with E-state index >= 15 is 0 Å². The predicted molar refractivity (Wildman–Crippen MR) is 119 cm³/mol. The lowest BCUT2D eigenvalue weighted by atomic mass is 10.1. The number of carbonyl (C=O) groups excluding carboxylic acids is 1. The van der Waals surface area contributed by atoms with E-state index in [1.165, 1.54) is 10.5 Å². The van der Waals surface area contributed by atoms with Crippen molar-refractivity contribution in [2.45, 2.75) is 32.5 Å². The van der Waals surface area contributed by atoms with E-state index in [2.05, 4.69) is 40.5 Å². The largest absolute Gasteiger partial charge is 0.490 e. The first-order chi connectivity index (χ1) is 14.5. The van der Waals surface area contributed by atoms with E-state index < -0.39 is 0 Å². The normalized spacial score (nSPS) is 16.4. The number of benzene rings is 2. The third-order valence-electron chi connectivity index (χ3n) is 5.27. The topological polar surface area (TPSA) is 54.0 Å². The number of hydrogen-bond acceptors (Lipinski definition) is 5. The highest BCUT2D eigenvalue weighted by Crippen LogP contribution is 2.28. The van der Waals surface area contributed by atoms with E-state index in [4.69, 9.17) is 9.47 Å². The molecule has 1 aliphatic heterocycles. The van der Waals surface area contributed by atoms with Crippen molar-refractivity contribution in [3.63, 3.8) is 0 Å². The monoisotopic (exact) mass is 411 g/mol. The van der Waals surface area contributed by atoms with Crippen LogP contribution in [0.15, 0.2) is 48.5 Å². The van der Waals surface area contributed by atoms with Gasteiger partial charge >= 0.3 is 0 Å². The Balaban J connectivity index is 1.51. The molecule has 0 unspecified atom stereocenters. The predicted octanol–water partition coefficient (Wildman–Crippen LogP) is 2.92. The Labute approximate surface area is 179 Å². The van der Waals surface area contributed by atoms with Crippen LogP contribution in [0.1, 0.15) is 24.5 Å². The molecule has 0 spiro atoms. The zero-order valence-electron chi connectivity index (χ0n) is 18.3. The fourth-order valence-electron chi connectivity index (χ4n) is 3.57. The van der Waals surface area contributed by atoms with Crippen LogP contribution in [0.3, 0.4) is 0 Å². The second-order valence-corrected chi connectivity index (χ2v) is 7.88. The molecule has 1 atom stereocenters. The highest BCUT2D eigenvalue weighted by molar-refractivity contribution is 5.77. The molecule has 1 N–H and O–H groups in total. The third-order valence-corrected chi connectivity index (χ3v) is 5.27. The van der Waals surface area contributed by atoms with Crippen molar-refractivity contribution in [1.82, 2.24) is 15.1 Å². The van der Waals surface area contributed by atoms with E-state index in [0.717, 1.165) is 38.2 Å². The quantitative estimate of drug-likeness (QED) is 0.652. The maximum atomic E-state index is 11.8. The van der Waals surface area contributed by atoms with Gasteiger partial charge in [-0.15, -0.1) is 0 Å². The second kappa shape index (κ2) is 11.0. The zero-order chi connectivity index (χ0) is 21.3. The number of nitrogens with zero attached hydrogens (tertiary/aromatic N) is 2. The fourth-order valence-corrected chi connectivity index (χ4v) is 3.57. The minimum Gasteiger partial charge on any atom is -0.490 e. The average Bonchev–Trinajstić information content (AvgIpc) is 3.19. The molecule has 6 nitrogen and oxygen atoms in total. The van der Waals surface area contributed by atoms with Gasteiger partial charge in [0, 0.05) is 46.3 Å². The Kier molecular flexibility index (Phi) is 8.11. The Morgan fingerprint density at radius 1 is 1.10 bits per heavy atom. The molecule has 6 heteroatoms. The van der Waals surface area contributed by atoms with E-state index in [1.54, 1.807) is 14.1 Å². The lowest BCUT2D eigenvalue weighted by Gasteiger charge is -2.18. The van der Waals surface area contributed by atoms with Crippen LogP contribution in [-0.4, -0.2) is 62.1 Å². The maximum absolute atomic E-state index is 11.8. The highest BCUT2D eigenvalue weighted by Gasteiger charge is 2.22. The van der Waals surface area contributed by atoms with Gasteiger partial charge in [0.25, 0.3) is 5.91 Å². The van der Waals surface area contributed by atoms with Crippen LogP contribution in [0.4, 0.5) is 0 Å². The Hall–Kier alpha value is -2.57. The number of likely N-dealkylation sites (N-methyl/N-ethyl adjacent to an activating group) is 1. The molecular formula is C24H33N3O3. The summed E-state index contributed by atoms with van der Waals surface area (Å²) in [6.45, 7) is 6.45. The van der Waals surface area contributed by atoms with Crippen molar-refractivity contribution in [3.8, 4) is 11.5 Å². The van der Waals surface area contributed by atoms with Crippen LogP contribution in [0.2, 0.25) is 0 Å². The minimum atomic E-state index is -0.0792. The molecule has 1 saturated heterocycles. The van der Waals surface area contributed by atoms with Gasteiger partial charge in [0.15, 0.2) is 18.1 Å². The van der Waals surface area contributed by atoms with E-state index in [0.29, 0.717) is 24.1 Å². The van der Waals surface area contributed by atoms with Gasteiger partial charge in [-0.05, 0) is 36.6 Å². The number of hydrogen-bond donors (Lipinski definition) is 1. The summed E-state index contributed by atoms with van der Waals surface area (Å²) in [5, 5.41) is 3.67. The molecule has 2 aromatic carbocycles. The van der Waals surface area contributed by atoms with Gasteiger partial charge in [0.1, 0.15) is 0 Å². The first kappa shape index (κ1) is 22.1. The molecular weight excluding hydrogens is 378 g/mol. The van der Waals surface area contributed by atoms with Gasteiger partial charge in [-0.3, -0.25) is 9.69 Å². The van der Waals surface area contributed by atoms with Gasteiger partial charge < -0.3 is 19.7 Å². The highest BCUT2D eigenvalue weighted by atomic mass is 16.5. The molecule has 0 bridgehead atoms. The second-order valence-electron chi connectivity index (χ2n) is 7.88. The number of rotatable bonds is 10. The van der Waals surface area contributed by atoms with Crippen LogP contribution in [0.25, 0.3) is 0 Å². The summed E-state index contributed by atoms with van der Waals surface area (Å²) in [5.74, 6) is 1.20. The van der Waals surface area contributed by atoms with Crippen LogP contribution in [-0.2, 0) is 17.9 Å². The summed E-state index contributed by atoms with van der Waals surface area (Å²) >= 11 is 0. The van der Waals surface area contributed by atoms with Gasteiger partial charge in [-0.25, -0.2) is 0 Å². The molecule has 0 aliphatic carbocycles. The van der Waals surface area contributed by atoms with E-state index in [9.17, 15) is 4.79 Å². The summed E-state index contributed by atoms with van der Waals surface area (Å²) in [5.41, 5.74) is 2.51. The van der Waals surface area contributed by atoms with Crippen molar-refractivity contribution >= 4 is 5.91 Å². The average molecular weight is 412 g/mol. The number of likely N-dealkylation sites (tertiary alicyclic amines) is 1. The number of nitrogens with one attached hydrogen (secondary N) is 1. The zero-order valence-corrected chi connectivity index (χ0v) is 18.3. The molecule has 30 heavy (non-hydrogen) atoms. The molecule has 0 saturated carbocycles. The molecule has 0 aromatic heterocycles. The lowest BCUT2D eigenvalue weighted by molar-refractivity contribution is -0.130. The molecule has 3 rings (SSSR count). The SMILES string of the molecule is CCOc1cc(CN[C@H]2CCN(Cc3ccccc3)C2)ccc1OCC(=O)N(C)C.